The largest absolute Gasteiger partial charge is 0.406 e. The minimum atomic E-state index is -4.45. The van der Waals surface area contributed by atoms with Crippen LogP contribution in [0.5, 0.6) is 0 Å². The molecular weight excluding hydrogens is 287 g/mol. The molecule has 0 spiro atoms. The van der Waals surface area contributed by atoms with Gasteiger partial charge in [0.05, 0.1) is 11.0 Å². The number of H-pyrrole nitrogens is 1. The minimum Gasteiger partial charge on any atom is -0.333 e. The molecule has 2 aromatic rings. The lowest BCUT2D eigenvalue weighted by molar-refractivity contribution is -0.138. The number of hydrogen-bond acceptors (Lipinski definition) is 2. The summed E-state index contributed by atoms with van der Waals surface area (Å²) in [5.41, 5.74) is 0.810. The van der Waals surface area contributed by atoms with E-state index >= 15 is 0 Å². The van der Waals surface area contributed by atoms with E-state index in [1.165, 1.54) is 16.7 Å². The highest BCUT2D eigenvalue weighted by Gasteiger charge is 2.31. The van der Waals surface area contributed by atoms with Crippen LogP contribution in [-0.2, 0) is 6.54 Å². The van der Waals surface area contributed by atoms with Gasteiger partial charge >= 0.3 is 11.9 Å². The Morgan fingerprint density at radius 3 is 2.62 bits per heavy atom. The van der Waals surface area contributed by atoms with E-state index in [2.05, 4.69) is 4.98 Å². The molecule has 0 saturated heterocycles. The van der Waals surface area contributed by atoms with Gasteiger partial charge in [-0.1, -0.05) is 0 Å². The Balaban J connectivity index is 2.35. The second-order valence-corrected chi connectivity index (χ2v) is 4.68. The first kappa shape index (κ1) is 15.1. The van der Waals surface area contributed by atoms with Crippen molar-refractivity contribution in [1.29, 1.82) is 0 Å². The molecular formula is C13H14F3N3O2. The van der Waals surface area contributed by atoms with Crippen molar-refractivity contribution in [2.75, 3.05) is 13.6 Å². The molecule has 5 nitrogen and oxygen atoms in total. The number of nitrogens with one attached hydrogen (secondary N) is 1. The average molecular weight is 301 g/mol. The normalized spacial score (nSPS) is 11.9. The predicted octanol–water partition coefficient (Wildman–Crippen LogP) is 1.98. The standard InChI is InChI=1S/C13H14F3N3O2/c1-3-19-10-5-4-8(6-9(10)17-12(19)21)11(20)18(2)7-13(14,15)16/h4-6H,3,7H2,1-2H3,(H,17,21). The van der Waals surface area contributed by atoms with E-state index in [4.69, 9.17) is 0 Å². The molecule has 0 atom stereocenters. The van der Waals surface area contributed by atoms with Gasteiger partial charge in [0, 0.05) is 19.2 Å². The van der Waals surface area contributed by atoms with Gasteiger partial charge in [0.15, 0.2) is 0 Å². The molecule has 0 saturated carbocycles. The molecule has 2 rings (SSSR count). The van der Waals surface area contributed by atoms with Crippen LogP contribution in [-0.4, -0.2) is 40.1 Å². The first-order valence-corrected chi connectivity index (χ1v) is 6.27. The minimum absolute atomic E-state index is 0.0961. The summed E-state index contributed by atoms with van der Waals surface area (Å²) in [5, 5.41) is 0. The highest BCUT2D eigenvalue weighted by atomic mass is 19.4. The van der Waals surface area contributed by atoms with Gasteiger partial charge in [0.2, 0.25) is 0 Å². The first-order chi connectivity index (χ1) is 9.73. The predicted molar refractivity (Wildman–Crippen MR) is 71.2 cm³/mol. The molecule has 1 amide bonds. The fourth-order valence-electron chi connectivity index (χ4n) is 2.17. The van der Waals surface area contributed by atoms with Crippen LogP contribution < -0.4 is 5.69 Å². The van der Waals surface area contributed by atoms with Crippen LogP contribution in [0.15, 0.2) is 23.0 Å². The summed E-state index contributed by atoms with van der Waals surface area (Å²) in [5.74, 6) is -0.751. The number of aromatic nitrogens is 2. The van der Waals surface area contributed by atoms with Crippen molar-refractivity contribution < 1.29 is 18.0 Å². The molecule has 0 aliphatic heterocycles. The number of aromatic amines is 1. The number of alkyl halides is 3. The van der Waals surface area contributed by atoms with E-state index in [1.54, 1.807) is 13.0 Å². The molecule has 0 fully saturated rings. The fraction of sp³-hybridized carbons (Fsp3) is 0.385. The topological polar surface area (TPSA) is 58.1 Å². The number of rotatable bonds is 3. The van der Waals surface area contributed by atoms with Crippen molar-refractivity contribution in [2.45, 2.75) is 19.6 Å². The number of fused-ring (bicyclic) bond motifs is 1. The van der Waals surface area contributed by atoms with Gasteiger partial charge in [0.25, 0.3) is 5.91 Å². The number of amides is 1. The quantitative estimate of drug-likeness (QED) is 0.942. The summed E-state index contributed by atoms with van der Waals surface area (Å²) in [6.45, 7) is 0.932. The summed E-state index contributed by atoms with van der Waals surface area (Å²) < 4.78 is 38.4. The Morgan fingerprint density at radius 1 is 1.38 bits per heavy atom. The molecule has 0 radical (unpaired) electrons. The van der Waals surface area contributed by atoms with Gasteiger partial charge in [-0.3, -0.25) is 9.36 Å². The number of carbonyl (C=O) groups is 1. The molecule has 1 aromatic carbocycles. The van der Waals surface area contributed by atoms with Crippen molar-refractivity contribution in [3.63, 3.8) is 0 Å². The Labute approximate surface area is 118 Å². The van der Waals surface area contributed by atoms with E-state index in [0.717, 1.165) is 7.05 Å². The third-order valence-corrected chi connectivity index (χ3v) is 3.10. The molecule has 1 heterocycles. The number of nitrogens with zero attached hydrogens (tertiary/aromatic N) is 2. The lowest BCUT2D eigenvalue weighted by atomic mass is 10.1. The van der Waals surface area contributed by atoms with Crippen molar-refractivity contribution in [1.82, 2.24) is 14.5 Å². The molecule has 0 aliphatic rings. The lowest BCUT2D eigenvalue weighted by Gasteiger charge is -2.18. The number of aryl methyl sites for hydroxylation is 1. The van der Waals surface area contributed by atoms with Crippen LogP contribution in [0.25, 0.3) is 11.0 Å². The maximum Gasteiger partial charge on any atom is 0.406 e. The van der Waals surface area contributed by atoms with Gasteiger partial charge in [-0.05, 0) is 25.1 Å². The summed E-state index contributed by atoms with van der Waals surface area (Å²) in [6.07, 6.45) is -4.45. The molecule has 8 heteroatoms. The zero-order valence-electron chi connectivity index (χ0n) is 11.5. The van der Waals surface area contributed by atoms with Crippen molar-refractivity contribution in [3.8, 4) is 0 Å². The second kappa shape index (κ2) is 5.27. The molecule has 114 valence electrons. The number of hydrogen-bond donors (Lipinski definition) is 1. The zero-order chi connectivity index (χ0) is 15.8. The van der Waals surface area contributed by atoms with Crippen molar-refractivity contribution >= 4 is 16.9 Å². The Bertz CT molecular complexity index is 730. The van der Waals surface area contributed by atoms with Gasteiger partial charge in [-0.25, -0.2) is 4.79 Å². The molecule has 0 bridgehead atoms. The second-order valence-electron chi connectivity index (χ2n) is 4.68. The zero-order valence-corrected chi connectivity index (χ0v) is 11.5. The molecule has 0 aliphatic carbocycles. The Hall–Kier alpha value is -2.25. The summed E-state index contributed by atoms with van der Waals surface area (Å²) in [6, 6.07) is 4.35. The van der Waals surface area contributed by atoms with E-state index in [-0.39, 0.29) is 11.3 Å². The van der Waals surface area contributed by atoms with Crippen molar-refractivity contribution in [2.24, 2.45) is 0 Å². The van der Waals surface area contributed by atoms with Gasteiger partial charge in [-0.2, -0.15) is 13.2 Å². The molecule has 21 heavy (non-hydrogen) atoms. The van der Waals surface area contributed by atoms with Gasteiger partial charge in [-0.15, -0.1) is 0 Å². The first-order valence-electron chi connectivity index (χ1n) is 6.27. The third-order valence-electron chi connectivity index (χ3n) is 3.10. The number of benzene rings is 1. The highest BCUT2D eigenvalue weighted by molar-refractivity contribution is 5.97. The van der Waals surface area contributed by atoms with Crippen LogP contribution >= 0.6 is 0 Å². The highest BCUT2D eigenvalue weighted by Crippen LogP contribution is 2.18. The Kier molecular flexibility index (Phi) is 3.80. The van der Waals surface area contributed by atoms with Gasteiger partial charge < -0.3 is 9.88 Å². The van der Waals surface area contributed by atoms with Gasteiger partial charge in [0.1, 0.15) is 6.54 Å². The van der Waals surface area contributed by atoms with Crippen LogP contribution in [0.3, 0.4) is 0 Å². The van der Waals surface area contributed by atoms with E-state index in [9.17, 15) is 22.8 Å². The molecule has 1 aromatic heterocycles. The lowest BCUT2D eigenvalue weighted by Crippen LogP contribution is -2.35. The molecule has 0 unspecified atom stereocenters. The maximum absolute atomic E-state index is 12.3. The number of halogens is 3. The number of carbonyl (C=O) groups excluding carboxylic acids is 1. The summed E-state index contributed by atoms with van der Waals surface area (Å²) in [4.78, 5) is 26.8. The Morgan fingerprint density at radius 2 is 2.05 bits per heavy atom. The van der Waals surface area contributed by atoms with Crippen LogP contribution in [0.4, 0.5) is 13.2 Å². The van der Waals surface area contributed by atoms with E-state index < -0.39 is 18.6 Å². The summed E-state index contributed by atoms with van der Waals surface area (Å²) >= 11 is 0. The number of imidazole rings is 1. The maximum atomic E-state index is 12.3. The van der Waals surface area contributed by atoms with Crippen LogP contribution in [0, 0.1) is 0 Å². The van der Waals surface area contributed by atoms with Crippen LogP contribution in [0.1, 0.15) is 17.3 Å². The SMILES string of the molecule is CCn1c(=O)[nH]c2cc(C(=O)N(C)CC(F)(F)F)ccc21. The monoisotopic (exact) mass is 301 g/mol. The third kappa shape index (κ3) is 3.09. The van der Waals surface area contributed by atoms with Crippen LogP contribution in [0.2, 0.25) is 0 Å². The fourth-order valence-corrected chi connectivity index (χ4v) is 2.17. The van der Waals surface area contributed by atoms with E-state index in [1.807, 2.05) is 0 Å². The summed E-state index contributed by atoms with van der Waals surface area (Å²) in [7, 11) is 1.08. The van der Waals surface area contributed by atoms with E-state index in [0.29, 0.717) is 22.5 Å². The van der Waals surface area contributed by atoms with Crippen molar-refractivity contribution in [3.05, 3.63) is 34.2 Å². The molecule has 1 N–H and O–H groups in total. The smallest absolute Gasteiger partial charge is 0.333 e. The average Bonchev–Trinajstić information content (AvgIpc) is 2.69.